The molecule has 0 amide bonds. The summed E-state index contributed by atoms with van der Waals surface area (Å²) in [4.78, 5) is 0. The molecule has 0 aliphatic heterocycles. The van der Waals surface area contributed by atoms with Gasteiger partial charge in [0.25, 0.3) is 0 Å². The van der Waals surface area contributed by atoms with E-state index < -0.39 is 35.6 Å². The fourth-order valence-electron chi connectivity index (χ4n) is 6.22. The first-order valence-corrected chi connectivity index (χ1v) is 16.5. The second-order valence-corrected chi connectivity index (χ2v) is 13.7. The second kappa shape index (κ2) is 14.7. The van der Waals surface area contributed by atoms with Gasteiger partial charge in [-0.15, -0.1) is 0 Å². The molecule has 4 aromatic carbocycles. The number of alkyl halides is 6. The first-order valence-electron chi connectivity index (χ1n) is 16.5. The fraction of sp³-hybridized carbons (Fsp3) is 0.400. The van der Waals surface area contributed by atoms with Crippen LogP contribution in [0, 0.1) is 0 Å². The van der Waals surface area contributed by atoms with Crippen LogP contribution < -0.4 is 10.6 Å². The molecular weight excluding hydrogens is 622 g/mol. The first kappa shape index (κ1) is 36.9. The Morgan fingerprint density at radius 1 is 0.396 bits per heavy atom. The predicted octanol–water partition coefficient (Wildman–Crippen LogP) is 13.2. The van der Waals surface area contributed by atoms with Crippen molar-refractivity contribution in [3.8, 4) is 0 Å². The summed E-state index contributed by atoms with van der Waals surface area (Å²) < 4.78 is 82.3. The Bertz CT molecular complexity index is 1470. The third kappa shape index (κ3) is 8.37. The van der Waals surface area contributed by atoms with Crippen LogP contribution in [-0.2, 0) is 12.4 Å². The molecule has 0 saturated carbocycles. The molecule has 0 aromatic heterocycles. The van der Waals surface area contributed by atoms with Crippen molar-refractivity contribution < 1.29 is 26.3 Å². The van der Waals surface area contributed by atoms with Crippen molar-refractivity contribution in [3.05, 3.63) is 129 Å². The van der Waals surface area contributed by atoms with E-state index in [2.05, 4.69) is 66.0 Å². The van der Waals surface area contributed by atoms with Crippen LogP contribution in [-0.4, -0.2) is 0 Å². The van der Waals surface area contributed by atoms with E-state index in [9.17, 15) is 26.3 Å². The Kier molecular flexibility index (Phi) is 11.3. The molecule has 0 heterocycles. The maximum absolute atomic E-state index is 13.7. The van der Waals surface area contributed by atoms with Gasteiger partial charge in [-0.1, -0.05) is 116 Å². The highest BCUT2D eigenvalue weighted by Gasteiger charge is 2.34. The molecule has 0 saturated heterocycles. The zero-order valence-corrected chi connectivity index (χ0v) is 28.8. The van der Waals surface area contributed by atoms with Gasteiger partial charge in [-0.3, -0.25) is 0 Å². The molecule has 0 aliphatic carbocycles. The van der Waals surface area contributed by atoms with Crippen molar-refractivity contribution in [3.63, 3.8) is 0 Å². The number of hydrogen-bond acceptors (Lipinski definition) is 2. The summed E-state index contributed by atoms with van der Waals surface area (Å²) in [5.74, 6) is 0.467. The molecule has 48 heavy (non-hydrogen) atoms. The van der Waals surface area contributed by atoms with Crippen molar-refractivity contribution in [1.82, 2.24) is 0 Å². The largest absolute Gasteiger partial charge is 0.416 e. The van der Waals surface area contributed by atoms with Gasteiger partial charge in [0.05, 0.1) is 23.2 Å². The fourth-order valence-corrected chi connectivity index (χ4v) is 6.22. The maximum atomic E-state index is 13.7. The van der Waals surface area contributed by atoms with Gasteiger partial charge in [0.15, 0.2) is 0 Å². The Morgan fingerprint density at radius 3 is 0.854 bits per heavy atom. The molecule has 0 bridgehead atoms. The second-order valence-electron chi connectivity index (χ2n) is 13.7. The Balaban J connectivity index is 2.03. The number of nitrogens with one attached hydrogen (secondary N) is 2. The molecule has 2 N–H and O–H groups in total. The summed E-state index contributed by atoms with van der Waals surface area (Å²) in [5, 5.41) is 7.50. The zero-order chi connectivity index (χ0) is 35.6. The molecule has 2 atom stereocenters. The molecule has 0 unspecified atom stereocenters. The van der Waals surface area contributed by atoms with Gasteiger partial charge in [-0.05, 0) is 81.3 Å². The van der Waals surface area contributed by atoms with Crippen molar-refractivity contribution in [1.29, 1.82) is 0 Å². The summed E-state index contributed by atoms with van der Waals surface area (Å²) >= 11 is 0. The minimum Gasteiger partial charge on any atom is -0.375 e. The third-order valence-electron chi connectivity index (χ3n) is 8.87. The van der Waals surface area contributed by atoms with Crippen LogP contribution in [0.2, 0.25) is 0 Å². The van der Waals surface area contributed by atoms with Crippen LogP contribution in [0.25, 0.3) is 0 Å². The van der Waals surface area contributed by atoms with E-state index in [1.807, 2.05) is 36.4 Å². The number of para-hydroxylation sites is 2. The average Bonchev–Trinajstić information content (AvgIpc) is 3.01. The van der Waals surface area contributed by atoms with Gasteiger partial charge < -0.3 is 10.6 Å². The van der Waals surface area contributed by atoms with Crippen molar-refractivity contribution >= 4 is 11.4 Å². The molecule has 4 rings (SSSR count). The quantitative estimate of drug-likeness (QED) is 0.155. The van der Waals surface area contributed by atoms with Gasteiger partial charge in [-0.25, -0.2) is 0 Å². The molecule has 0 fully saturated rings. The van der Waals surface area contributed by atoms with E-state index in [-0.39, 0.29) is 23.7 Å². The van der Waals surface area contributed by atoms with E-state index in [0.29, 0.717) is 11.1 Å². The highest BCUT2D eigenvalue weighted by molar-refractivity contribution is 5.65. The van der Waals surface area contributed by atoms with Crippen LogP contribution in [0.15, 0.2) is 84.9 Å². The molecular formula is C40H46F6N2. The Labute approximate surface area is 281 Å². The van der Waals surface area contributed by atoms with E-state index in [1.165, 1.54) is 24.3 Å². The molecule has 2 nitrogen and oxygen atoms in total. The SMILES string of the molecule is CC(C)c1cccc(C(C)C)c1N[C@H](c1ccc(C(F)(F)F)cc1)[C@H](Nc1c(C(C)C)cccc1C(C)C)c1ccc(C(F)(F)F)cc1. The molecule has 258 valence electrons. The minimum absolute atomic E-state index is 0.117. The van der Waals surface area contributed by atoms with Crippen LogP contribution in [0.3, 0.4) is 0 Å². The standard InChI is InChI=1S/C40H46F6N2/c1-23(2)31-11-9-12-32(24(3)4)37(31)47-35(27-15-19-29(20-16-27)39(41,42)43)36(28-17-21-30(22-18-28)40(44,45)46)48-38-33(25(5)6)13-10-14-34(38)26(7)8/h9-26,35-36,47-48H,1-8H3/t35-,36-/m1/s1. The lowest BCUT2D eigenvalue weighted by Crippen LogP contribution is -2.28. The summed E-state index contributed by atoms with van der Waals surface area (Å²) in [6.07, 6.45) is -9.05. The zero-order valence-electron chi connectivity index (χ0n) is 28.8. The lowest BCUT2D eigenvalue weighted by atomic mass is 9.87. The highest BCUT2D eigenvalue weighted by Crippen LogP contribution is 2.44. The summed E-state index contributed by atoms with van der Waals surface area (Å²) in [6.45, 7) is 16.6. The summed E-state index contributed by atoms with van der Waals surface area (Å²) in [6, 6.07) is 20.9. The Hall–Kier alpha value is -3.94. The van der Waals surface area contributed by atoms with Crippen LogP contribution >= 0.6 is 0 Å². The lowest BCUT2D eigenvalue weighted by molar-refractivity contribution is -0.138. The average molecular weight is 669 g/mol. The van der Waals surface area contributed by atoms with Crippen LogP contribution in [0.1, 0.15) is 136 Å². The molecule has 0 spiro atoms. The van der Waals surface area contributed by atoms with Gasteiger partial charge in [-0.2, -0.15) is 26.3 Å². The number of benzene rings is 4. The normalized spacial score (nSPS) is 13.8. The van der Waals surface area contributed by atoms with Gasteiger partial charge >= 0.3 is 12.4 Å². The summed E-state index contributed by atoms with van der Waals surface area (Å²) in [7, 11) is 0. The number of halogens is 6. The summed E-state index contributed by atoms with van der Waals surface area (Å²) in [5.41, 5.74) is 5.45. The number of hydrogen-bond donors (Lipinski definition) is 2. The monoisotopic (exact) mass is 668 g/mol. The van der Waals surface area contributed by atoms with E-state index >= 15 is 0 Å². The molecule has 8 heteroatoms. The molecule has 0 aliphatic rings. The topological polar surface area (TPSA) is 24.1 Å². The predicted molar refractivity (Wildman–Crippen MR) is 185 cm³/mol. The first-order chi connectivity index (χ1) is 22.4. The van der Waals surface area contributed by atoms with E-state index in [0.717, 1.165) is 57.9 Å². The van der Waals surface area contributed by atoms with Gasteiger partial charge in [0, 0.05) is 11.4 Å². The van der Waals surface area contributed by atoms with Gasteiger partial charge in [0.2, 0.25) is 0 Å². The molecule has 4 aromatic rings. The smallest absolute Gasteiger partial charge is 0.375 e. The Morgan fingerprint density at radius 2 is 0.646 bits per heavy atom. The van der Waals surface area contributed by atoms with Crippen molar-refractivity contribution in [2.45, 2.75) is 103 Å². The van der Waals surface area contributed by atoms with Crippen LogP contribution in [0.5, 0.6) is 0 Å². The minimum atomic E-state index is -4.52. The molecule has 0 radical (unpaired) electrons. The van der Waals surface area contributed by atoms with E-state index in [4.69, 9.17) is 0 Å². The van der Waals surface area contributed by atoms with Crippen molar-refractivity contribution in [2.24, 2.45) is 0 Å². The number of rotatable bonds is 11. The highest BCUT2D eigenvalue weighted by atomic mass is 19.4. The van der Waals surface area contributed by atoms with Crippen molar-refractivity contribution in [2.75, 3.05) is 10.6 Å². The lowest BCUT2D eigenvalue weighted by Gasteiger charge is -2.35. The maximum Gasteiger partial charge on any atom is 0.416 e. The third-order valence-corrected chi connectivity index (χ3v) is 8.87. The van der Waals surface area contributed by atoms with Crippen LogP contribution in [0.4, 0.5) is 37.7 Å². The number of anilines is 2. The van der Waals surface area contributed by atoms with Gasteiger partial charge in [0.1, 0.15) is 0 Å². The van der Waals surface area contributed by atoms with E-state index in [1.54, 1.807) is 0 Å².